The van der Waals surface area contributed by atoms with Crippen molar-refractivity contribution in [3.8, 4) is 0 Å². The number of amides is 1. The smallest absolute Gasteiger partial charge is 0.252 e. The summed E-state index contributed by atoms with van der Waals surface area (Å²) >= 11 is 7.36. The largest absolute Gasteiger partial charge is 0.326 e. The summed E-state index contributed by atoms with van der Waals surface area (Å²) < 4.78 is 27.4. The molecule has 1 aliphatic rings. The maximum atomic E-state index is 12.8. The molecule has 8 heteroatoms. The number of hydrogen-bond donors (Lipinski definition) is 1. The summed E-state index contributed by atoms with van der Waals surface area (Å²) in [5, 5.41) is 3.48. The molecule has 1 saturated heterocycles. The SMILES string of the molecule is Cc1ccc(S(=O)(=O)N2CCC[C@H](C(=O)Nc3cccc(Cl)c3C)C2)s1. The number of hydrogen-bond acceptors (Lipinski definition) is 4. The van der Waals surface area contributed by atoms with Crippen LogP contribution in [0.25, 0.3) is 0 Å². The molecular formula is C18H21ClN2O3S2. The van der Waals surface area contributed by atoms with E-state index in [1.807, 2.05) is 13.8 Å². The van der Waals surface area contributed by atoms with Gasteiger partial charge in [-0.1, -0.05) is 17.7 Å². The number of nitrogens with zero attached hydrogens (tertiary/aromatic N) is 1. The van der Waals surface area contributed by atoms with Crippen molar-refractivity contribution in [2.75, 3.05) is 18.4 Å². The molecule has 1 aliphatic heterocycles. The molecule has 3 rings (SSSR count). The van der Waals surface area contributed by atoms with Crippen LogP contribution in [0.5, 0.6) is 0 Å². The first-order chi connectivity index (χ1) is 12.3. The van der Waals surface area contributed by atoms with E-state index in [9.17, 15) is 13.2 Å². The molecular weight excluding hydrogens is 392 g/mol. The van der Waals surface area contributed by atoms with Crippen molar-refractivity contribution in [2.24, 2.45) is 5.92 Å². The van der Waals surface area contributed by atoms with Crippen molar-refractivity contribution in [1.82, 2.24) is 4.31 Å². The number of halogens is 1. The summed E-state index contributed by atoms with van der Waals surface area (Å²) in [7, 11) is -3.54. The summed E-state index contributed by atoms with van der Waals surface area (Å²) in [5.74, 6) is -0.546. The minimum atomic E-state index is -3.54. The zero-order valence-corrected chi connectivity index (χ0v) is 17.0. The maximum Gasteiger partial charge on any atom is 0.252 e. The molecule has 140 valence electrons. The van der Waals surface area contributed by atoms with Gasteiger partial charge in [0.15, 0.2) is 0 Å². The van der Waals surface area contributed by atoms with Crippen LogP contribution < -0.4 is 5.32 Å². The van der Waals surface area contributed by atoms with Gasteiger partial charge in [0, 0.05) is 28.7 Å². The lowest BCUT2D eigenvalue weighted by molar-refractivity contribution is -0.120. The number of anilines is 1. The Hall–Kier alpha value is -1.41. The number of rotatable bonds is 4. The summed E-state index contributed by atoms with van der Waals surface area (Å²) in [6.45, 7) is 4.36. The van der Waals surface area contributed by atoms with Crippen LogP contribution in [0.15, 0.2) is 34.5 Å². The molecule has 1 N–H and O–H groups in total. The third-order valence-corrected chi connectivity index (χ3v) is 8.33. The first-order valence-electron chi connectivity index (χ1n) is 8.41. The lowest BCUT2D eigenvalue weighted by atomic mass is 9.98. The van der Waals surface area contributed by atoms with Gasteiger partial charge in [0.1, 0.15) is 4.21 Å². The molecule has 0 aliphatic carbocycles. The lowest BCUT2D eigenvalue weighted by Crippen LogP contribution is -2.43. The minimum absolute atomic E-state index is 0.169. The monoisotopic (exact) mass is 412 g/mol. The summed E-state index contributed by atoms with van der Waals surface area (Å²) in [6, 6.07) is 8.78. The van der Waals surface area contributed by atoms with Gasteiger partial charge in [0.2, 0.25) is 5.91 Å². The highest BCUT2D eigenvalue weighted by Crippen LogP contribution is 2.29. The molecule has 1 aromatic heterocycles. The van der Waals surface area contributed by atoms with Crippen molar-refractivity contribution in [2.45, 2.75) is 30.9 Å². The van der Waals surface area contributed by atoms with Gasteiger partial charge >= 0.3 is 0 Å². The topological polar surface area (TPSA) is 66.5 Å². The molecule has 1 atom stereocenters. The Labute approximate surface area is 163 Å². The molecule has 1 amide bonds. The molecule has 1 aromatic carbocycles. The van der Waals surface area contributed by atoms with Gasteiger partial charge in [0.05, 0.1) is 5.92 Å². The van der Waals surface area contributed by atoms with Crippen molar-refractivity contribution in [1.29, 1.82) is 0 Å². The normalized spacial score (nSPS) is 18.7. The molecule has 1 fully saturated rings. The fourth-order valence-electron chi connectivity index (χ4n) is 3.03. The van der Waals surface area contributed by atoms with E-state index in [2.05, 4.69) is 5.32 Å². The van der Waals surface area contributed by atoms with Crippen LogP contribution in [-0.4, -0.2) is 31.7 Å². The van der Waals surface area contributed by atoms with E-state index in [1.165, 1.54) is 15.6 Å². The van der Waals surface area contributed by atoms with Crippen LogP contribution in [0.4, 0.5) is 5.69 Å². The molecule has 2 aromatic rings. The second kappa shape index (κ2) is 7.68. The van der Waals surface area contributed by atoms with E-state index in [0.29, 0.717) is 34.3 Å². The van der Waals surface area contributed by atoms with E-state index in [0.717, 1.165) is 10.4 Å². The number of benzene rings is 1. The second-order valence-electron chi connectivity index (χ2n) is 6.47. The van der Waals surface area contributed by atoms with Crippen LogP contribution in [-0.2, 0) is 14.8 Å². The van der Waals surface area contributed by atoms with Gasteiger partial charge in [-0.2, -0.15) is 4.31 Å². The van der Waals surface area contributed by atoms with Crippen molar-refractivity contribution < 1.29 is 13.2 Å². The van der Waals surface area contributed by atoms with Crippen molar-refractivity contribution >= 4 is 44.6 Å². The van der Waals surface area contributed by atoms with Crippen LogP contribution in [0.1, 0.15) is 23.3 Å². The molecule has 0 spiro atoms. The van der Waals surface area contributed by atoms with E-state index in [1.54, 1.807) is 30.3 Å². The lowest BCUT2D eigenvalue weighted by Gasteiger charge is -2.31. The quantitative estimate of drug-likeness (QED) is 0.823. The number of piperidine rings is 1. The Kier molecular flexibility index (Phi) is 5.72. The Morgan fingerprint density at radius 3 is 2.73 bits per heavy atom. The number of sulfonamides is 1. The zero-order chi connectivity index (χ0) is 18.9. The van der Waals surface area contributed by atoms with Gasteiger partial charge in [-0.3, -0.25) is 4.79 Å². The molecule has 0 bridgehead atoms. The molecule has 26 heavy (non-hydrogen) atoms. The average molecular weight is 413 g/mol. The van der Waals surface area contributed by atoms with Crippen LogP contribution in [0.2, 0.25) is 5.02 Å². The molecule has 5 nitrogen and oxygen atoms in total. The fourth-order valence-corrected chi connectivity index (χ4v) is 6.17. The van der Waals surface area contributed by atoms with E-state index in [-0.39, 0.29) is 18.4 Å². The predicted molar refractivity (Wildman–Crippen MR) is 105 cm³/mol. The zero-order valence-electron chi connectivity index (χ0n) is 14.7. The number of carbonyl (C=O) groups is 1. The summed E-state index contributed by atoms with van der Waals surface area (Å²) in [4.78, 5) is 13.6. The highest BCUT2D eigenvalue weighted by atomic mass is 35.5. The Bertz CT molecular complexity index is 924. The number of nitrogens with one attached hydrogen (secondary N) is 1. The minimum Gasteiger partial charge on any atom is -0.326 e. The van der Waals surface area contributed by atoms with Gasteiger partial charge < -0.3 is 5.32 Å². The average Bonchev–Trinajstić information content (AvgIpc) is 3.06. The Morgan fingerprint density at radius 2 is 2.04 bits per heavy atom. The number of aryl methyl sites for hydroxylation is 1. The number of thiophene rings is 1. The first kappa shape index (κ1) is 19.4. The van der Waals surface area contributed by atoms with Crippen LogP contribution in [0, 0.1) is 19.8 Å². The highest BCUT2D eigenvalue weighted by molar-refractivity contribution is 7.91. The van der Waals surface area contributed by atoms with E-state index in [4.69, 9.17) is 11.6 Å². The maximum absolute atomic E-state index is 12.8. The third-order valence-electron chi connectivity index (χ3n) is 4.59. The third kappa shape index (κ3) is 3.96. The van der Waals surface area contributed by atoms with Crippen LogP contribution in [0.3, 0.4) is 0 Å². The van der Waals surface area contributed by atoms with Gasteiger partial charge in [-0.25, -0.2) is 8.42 Å². The van der Waals surface area contributed by atoms with Gasteiger partial charge in [-0.05, 0) is 56.5 Å². The fraction of sp³-hybridized carbons (Fsp3) is 0.389. The summed E-state index contributed by atoms with van der Waals surface area (Å²) in [5.41, 5.74) is 1.47. The van der Waals surface area contributed by atoms with E-state index < -0.39 is 10.0 Å². The standard InChI is InChI=1S/C18H21ClN2O3S2/c1-12-8-9-17(25-12)26(23,24)21-10-4-5-14(11-21)18(22)20-16-7-3-6-15(19)13(16)2/h3,6-9,14H,4-5,10-11H2,1-2H3,(H,20,22)/t14-/m0/s1. The first-order valence-corrected chi connectivity index (χ1v) is 11.0. The predicted octanol–water partition coefficient (Wildman–Crippen LogP) is 4.06. The Morgan fingerprint density at radius 1 is 1.27 bits per heavy atom. The molecule has 0 saturated carbocycles. The van der Waals surface area contributed by atoms with Gasteiger partial charge in [-0.15, -0.1) is 11.3 Å². The summed E-state index contributed by atoms with van der Waals surface area (Å²) in [6.07, 6.45) is 1.33. The molecule has 2 heterocycles. The van der Waals surface area contributed by atoms with Crippen molar-refractivity contribution in [3.05, 3.63) is 45.8 Å². The van der Waals surface area contributed by atoms with Crippen molar-refractivity contribution in [3.63, 3.8) is 0 Å². The highest BCUT2D eigenvalue weighted by Gasteiger charge is 2.34. The van der Waals surface area contributed by atoms with E-state index >= 15 is 0 Å². The second-order valence-corrected chi connectivity index (χ2v) is 10.3. The molecule has 0 radical (unpaired) electrons. The van der Waals surface area contributed by atoms with Crippen LogP contribution >= 0.6 is 22.9 Å². The number of carbonyl (C=O) groups excluding carboxylic acids is 1. The van der Waals surface area contributed by atoms with Gasteiger partial charge in [0.25, 0.3) is 10.0 Å². The molecule has 0 unspecified atom stereocenters. The Balaban J connectivity index is 1.74.